The van der Waals surface area contributed by atoms with Crippen LogP contribution in [0.25, 0.3) is 0 Å². The van der Waals surface area contributed by atoms with E-state index in [4.69, 9.17) is 0 Å². The number of nitrogens with one attached hydrogen (secondary N) is 1. The Kier molecular flexibility index (Phi) is 5.08. The van der Waals surface area contributed by atoms with Gasteiger partial charge in [-0.25, -0.2) is 0 Å². The van der Waals surface area contributed by atoms with Crippen molar-refractivity contribution in [1.29, 1.82) is 0 Å². The summed E-state index contributed by atoms with van der Waals surface area (Å²) in [5.41, 5.74) is 1.39. The molecule has 0 aromatic carbocycles. The van der Waals surface area contributed by atoms with Crippen molar-refractivity contribution in [1.82, 2.24) is 20.1 Å². The summed E-state index contributed by atoms with van der Waals surface area (Å²) >= 11 is 0. The van der Waals surface area contributed by atoms with Crippen molar-refractivity contribution >= 4 is 17.7 Å². The number of hydrogen-bond donors (Lipinski definition) is 1. The second kappa shape index (κ2) is 7.53. The van der Waals surface area contributed by atoms with Gasteiger partial charge in [-0.2, -0.15) is 0 Å². The number of fused-ring (bicyclic) bond motifs is 4. The van der Waals surface area contributed by atoms with Gasteiger partial charge in [-0.05, 0) is 50.2 Å². The fraction of sp³-hybridized carbons (Fsp3) is 0.619. The lowest BCUT2D eigenvalue weighted by atomic mass is 9.72. The predicted octanol–water partition coefficient (Wildman–Crippen LogP) is 1.37. The number of likely N-dealkylation sites (tertiary alicyclic amines) is 1. The molecule has 7 heteroatoms. The van der Waals surface area contributed by atoms with E-state index in [1.165, 1.54) is 6.92 Å². The van der Waals surface area contributed by atoms with Crippen molar-refractivity contribution in [3.05, 3.63) is 29.6 Å². The van der Waals surface area contributed by atoms with Crippen molar-refractivity contribution < 1.29 is 14.4 Å². The highest BCUT2D eigenvalue weighted by Crippen LogP contribution is 2.41. The van der Waals surface area contributed by atoms with Gasteiger partial charge < -0.3 is 15.1 Å². The Hall–Kier alpha value is -2.44. The number of aromatic nitrogens is 1. The van der Waals surface area contributed by atoms with Gasteiger partial charge in [0, 0.05) is 50.9 Å². The molecule has 28 heavy (non-hydrogen) atoms. The van der Waals surface area contributed by atoms with Gasteiger partial charge in [0.25, 0.3) is 5.91 Å². The highest BCUT2D eigenvalue weighted by Gasteiger charge is 2.50. The first-order chi connectivity index (χ1) is 13.5. The molecular formula is C21H28N4O3. The number of carbonyl (C=O) groups is 3. The zero-order chi connectivity index (χ0) is 19.8. The molecule has 4 rings (SSSR count). The molecule has 150 valence electrons. The molecule has 0 unspecified atom stereocenters. The molecule has 4 heterocycles. The molecule has 1 N–H and O–H groups in total. The molecule has 3 amide bonds. The first-order valence-corrected chi connectivity index (χ1v) is 10.2. The molecule has 3 saturated heterocycles. The lowest BCUT2D eigenvalue weighted by Crippen LogP contribution is -2.67. The summed E-state index contributed by atoms with van der Waals surface area (Å²) in [5.74, 6) is 0.624. The minimum Gasteiger partial charge on any atom is -0.354 e. The molecule has 0 radical (unpaired) electrons. The maximum Gasteiger partial charge on any atom is 0.255 e. The van der Waals surface area contributed by atoms with E-state index >= 15 is 0 Å². The van der Waals surface area contributed by atoms with E-state index < -0.39 is 0 Å². The first kappa shape index (κ1) is 18.9. The lowest BCUT2D eigenvalue weighted by Gasteiger charge is -2.56. The Morgan fingerprint density at radius 1 is 1.29 bits per heavy atom. The predicted molar refractivity (Wildman–Crippen MR) is 103 cm³/mol. The molecule has 2 bridgehead atoms. The Labute approximate surface area is 165 Å². The maximum absolute atomic E-state index is 13.2. The Bertz CT molecular complexity index is 796. The van der Waals surface area contributed by atoms with E-state index in [0.717, 1.165) is 25.0 Å². The normalized spacial score (nSPS) is 29.3. The van der Waals surface area contributed by atoms with E-state index in [2.05, 4.69) is 15.2 Å². The second-order valence-corrected chi connectivity index (χ2v) is 8.37. The number of aryl methyl sites for hydroxylation is 1. The standard InChI is InChI=1S/C21H28N4O3/c1-13-17(5-4-8-22-13)21(28)24-11-15-9-16(12-24)19(10-23-14(2)26)25-18(15)6-3-7-20(25)27/h4-5,8,15-16,18-19H,3,6-7,9-12H2,1-2H3,(H,23,26)/t15-,16+,18+,19+/m1/s1. The van der Waals surface area contributed by atoms with Crippen LogP contribution in [-0.2, 0) is 9.59 Å². The van der Waals surface area contributed by atoms with Crippen LogP contribution in [0, 0.1) is 18.8 Å². The molecule has 3 aliphatic rings. The first-order valence-electron chi connectivity index (χ1n) is 10.2. The van der Waals surface area contributed by atoms with Crippen LogP contribution in [0.1, 0.15) is 48.7 Å². The number of hydrogen-bond acceptors (Lipinski definition) is 4. The fourth-order valence-electron chi connectivity index (χ4n) is 5.33. The van der Waals surface area contributed by atoms with Crippen LogP contribution in [-0.4, -0.2) is 64.2 Å². The molecule has 3 aliphatic heterocycles. The molecule has 1 aromatic heterocycles. The molecular weight excluding hydrogens is 356 g/mol. The third-order valence-electron chi connectivity index (χ3n) is 6.58. The van der Waals surface area contributed by atoms with Gasteiger partial charge in [0.05, 0.1) is 11.6 Å². The molecule has 0 spiro atoms. The van der Waals surface area contributed by atoms with E-state index in [0.29, 0.717) is 37.5 Å². The highest BCUT2D eigenvalue weighted by molar-refractivity contribution is 5.95. The van der Waals surface area contributed by atoms with E-state index in [-0.39, 0.29) is 35.7 Å². The third kappa shape index (κ3) is 3.38. The summed E-state index contributed by atoms with van der Waals surface area (Å²) < 4.78 is 0. The fourth-order valence-corrected chi connectivity index (χ4v) is 5.33. The van der Waals surface area contributed by atoms with Gasteiger partial charge in [-0.3, -0.25) is 19.4 Å². The Morgan fingerprint density at radius 3 is 2.82 bits per heavy atom. The van der Waals surface area contributed by atoms with E-state index in [9.17, 15) is 14.4 Å². The van der Waals surface area contributed by atoms with E-state index in [1.54, 1.807) is 12.3 Å². The number of pyridine rings is 1. The quantitative estimate of drug-likeness (QED) is 0.853. The third-order valence-corrected chi connectivity index (χ3v) is 6.58. The van der Waals surface area contributed by atoms with Crippen LogP contribution in [0.3, 0.4) is 0 Å². The average molecular weight is 384 g/mol. The van der Waals surface area contributed by atoms with E-state index in [1.807, 2.05) is 17.9 Å². The highest BCUT2D eigenvalue weighted by atomic mass is 16.2. The molecule has 4 atom stereocenters. The van der Waals surface area contributed by atoms with Crippen LogP contribution in [0.2, 0.25) is 0 Å². The monoisotopic (exact) mass is 384 g/mol. The number of nitrogens with zero attached hydrogens (tertiary/aromatic N) is 3. The molecule has 0 aliphatic carbocycles. The van der Waals surface area contributed by atoms with Crippen molar-refractivity contribution in [3.63, 3.8) is 0 Å². The van der Waals surface area contributed by atoms with Gasteiger partial charge >= 0.3 is 0 Å². The van der Waals surface area contributed by atoms with Crippen LogP contribution in [0.15, 0.2) is 18.3 Å². The van der Waals surface area contributed by atoms with Crippen molar-refractivity contribution in [2.45, 2.75) is 51.6 Å². The number of amides is 3. The smallest absolute Gasteiger partial charge is 0.255 e. The van der Waals surface area contributed by atoms with Crippen LogP contribution >= 0.6 is 0 Å². The summed E-state index contributed by atoms with van der Waals surface area (Å²) in [6.45, 7) is 5.13. The molecule has 0 saturated carbocycles. The topological polar surface area (TPSA) is 82.6 Å². The number of rotatable bonds is 3. The SMILES string of the molecule is CC(=O)NC[C@H]1[C@H]2C[C@H](CN(C(=O)c3cccnc3C)C2)[C@@H]2CCCC(=O)N21. The van der Waals surface area contributed by atoms with Gasteiger partial charge in [-0.15, -0.1) is 0 Å². The van der Waals surface area contributed by atoms with Gasteiger partial charge in [-0.1, -0.05) is 0 Å². The lowest BCUT2D eigenvalue weighted by molar-refractivity contribution is -0.151. The molecule has 7 nitrogen and oxygen atoms in total. The summed E-state index contributed by atoms with van der Waals surface area (Å²) in [4.78, 5) is 45.7. The maximum atomic E-state index is 13.2. The Morgan fingerprint density at radius 2 is 2.07 bits per heavy atom. The Balaban J connectivity index is 1.60. The van der Waals surface area contributed by atoms with Crippen LogP contribution < -0.4 is 5.32 Å². The van der Waals surface area contributed by atoms with Gasteiger partial charge in [0.15, 0.2) is 0 Å². The minimum atomic E-state index is -0.0853. The molecule has 3 fully saturated rings. The number of carbonyl (C=O) groups excluding carboxylic acids is 3. The zero-order valence-corrected chi connectivity index (χ0v) is 16.6. The second-order valence-electron chi connectivity index (χ2n) is 8.37. The van der Waals surface area contributed by atoms with Crippen molar-refractivity contribution in [3.8, 4) is 0 Å². The van der Waals surface area contributed by atoms with Crippen LogP contribution in [0.4, 0.5) is 0 Å². The summed E-state index contributed by atoms with van der Waals surface area (Å²) in [6.07, 6.45) is 5.18. The summed E-state index contributed by atoms with van der Waals surface area (Å²) in [6, 6.07) is 3.76. The van der Waals surface area contributed by atoms with Gasteiger partial charge in [0.1, 0.15) is 0 Å². The van der Waals surface area contributed by atoms with Crippen molar-refractivity contribution in [2.75, 3.05) is 19.6 Å². The average Bonchev–Trinajstić information content (AvgIpc) is 2.68. The largest absolute Gasteiger partial charge is 0.354 e. The summed E-state index contributed by atoms with van der Waals surface area (Å²) in [5, 5.41) is 2.91. The molecule has 1 aromatic rings. The van der Waals surface area contributed by atoms with Gasteiger partial charge in [0.2, 0.25) is 11.8 Å². The van der Waals surface area contributed by atoms with Crippen LogP contribution in [0.5, 0.6) is 0 Å². The number of piperidine rings is 3. The summed E-state index contributed by atoms with van der Waals surface area (Å²) in [7, 11) is 0. The zero-order valence-electron chi connectivity index (χ0n) is 16.6. The van der Waals surface area contributed by atoms with Crippen molar-refractivity contribution in [2.24, 2.45) is 11.8 Å². The minimum absolute atomic E-state index is 0.0224.